The van der Waals surface area contributed by atoms with Crippen LogP contribution < -0.4 is 5.32 Å². The number of carbonyl (C=O) groups is 2. The Labute approximate surface area is 192 Å². The van der Waals surface area contributed by atoms with Crippen LogP contribution in [0, 0.1) is 6.92 Å². The van der Waals surface area contributed by atoms with Crippen molar-refractivity contribution < 1.29 is 9.59 Å². The van der Waals surface area contributed by atoms with Crippen molar-refractivity contribution in [2.75, 3.05) is 0 Å². The molecule has 2 heterocycles. The molecule has 1 aromatic carbocycles. The van der Waals surface area contributed by atoms with Gasteiger partial charge in [0.1, 0.15) is 6.04 Å². The Morgan fingerprint density at radius 3 is 2.47 bits per heavy atom. The molecule has 7 nitrogen and oxygen atoms in total. The first-order valence-corrected chi connectivity index (χ1v) is 11.8. The van der Waals surface area contributed by atoms with E-state index in [-0.39, 0.29) is 30.1 Å². The molecule has 1 saturated carbocycles. The average Bonchev–Trinajstić information content (AvgIpc) is 3.36. The summed E-state index contributed by atoms with van der Waals surface area (Å²) in [5.74, 6) is -0.494. The SMILES string of the molecule is Cc1ccc(CN(C(=O)c2csnn2)[C@H](C(=O)NC2CCCCC2)c2ccncc2)cc1. The van der Waals surface area contributed by atoms with Gasteiger partial charge in [-0.1, -0.05) is 53.6 Å². The Morgan fingerprint density at radius 1 is 1.09 bits per heavy atom. The number of hydrogen-bond donors (Lipinski definition) is 1. The standard InChI is InChI=1S/C24H27N5O2S/c1-17-7-9-18(10-8-17)15-29(24(31)21-16-32-28-27-21)22(19-11-13-25-14-12-19)23(30)26-20-5-3-2-4-6-20/h7-14,16,20,22H,2-6,15H2,1H3,(H,26,30)/t22-/m0/s1. The van der Waals surface area contributed by atoms with Crippen molar-refractivity contribution in [3.8, 4) is 0 Å². The lowest BCUT2D eigenvalue weighted by Crippen LogP contribution is -2.47. The van der Waals surface area contributed by atoms with Gasteiger partial charge in [0.2, 0.25) is 5.91 Å². The van der Waals surface area contributed by atoms with Gasteiger partial charge in [-0.3, -0.25) is 14.6 Å². The van der Waals surface area contributed by atoms with E-state index in [1.54, 1.807) is 34.8 Å². The number of aromatic nitrogens is 3. The second kappa shape index (κ2) is 10.5. The Hall–Kier alpha value is -3.13. The molecule has 166 valence electrons. The molecule has 1 fully saturated rings. The lowest BCUT2D eigenvalue weighted by Gasteiger charge is -2.33. The molecule has 2 aromatic heterocycles. The number of nitrogens with zero attached hydrogens (tertiary/aromatic N) is 4. The molecular formula is C24H27N5O2S. The third-order valence-corrected chi connectivity index (χ3v) is 6.35. The van der Waals surface area contributed by atoms with Crippen LogP contribution in [-0.2, 0) is 11.3 Å². The van der Waals surface area contributed by atoms with Gasteiger partial charge in [-0.15, -0.1) is 5.10 Å². The van der Waals surface area contributed by atoms with Crippen LogP contribution in [0.5, 0.6) is 0 Å². The van der Waals surface area contributed by atoms with Crippen molar-refractivity contribution in [1.82, 2.24) is 24.8 Å². The van der Waals surface area contributed by atoms with Crippen LogP contribution in [-0.4, -0.2) is 37.3 Å². The first-order valence-electron chi connectivity index (χ1n) is 11.0. The fourth-order valence-electron chi connectivity index (χ4n) is 4.12. The molecule has 1 atom stereocenters. The van der Waals surface area contributed by atoms with E-state index in [1.807, 2.05) is 31.2 Å². The number of hydrogen-bond acceptors (Lipinski definition) is 6. The number of nitrogens with one attached hydrogen (secondary N) is 1. The molecule has 32 heavy (non-hydrogen) atoms. The van der Waals surface area contributed by atoms with E-state index in [0.29, 0.717) is 0 Å². The fraction of sp³-hybridized carbons (Fsp3) is 0.375. The summed E-state index contributed by atoms with van der Waals surface area (Å²) < 4.78 is 3.85. The number of pyridine rings is 1. The van der Waals surface area contributed by atoms with Gasteiger partial charge in [0.15, 0.2) is 5.69 Å². The molecule has 0 unspecified atom stereocenters. The van der Waals surface area contributed by atoms with Gasteiger partial charge >= 0.3 is 0 Å². The number of rotatable bonds is 7. The van der Waals surface area contributed by atoms with E-state index < -0.39 is 6.04 Å². The van der Waals surface area contributed by atoms with Gasteiger partial charge in [0.05, 0.1) is 0 Å². The Balaban J connectivity index is 1.70. The van der Waals surface area contributed by atoms with Crippen LogP contribution in [0.3, 0.4) is 0 Å². The van der Waals surface area contributed by atoms with E-state index in [9.17, 15) is 9.59 Å². The summed E-state index contributed by atoms with van der Waals surface area (Å²) >= 11 is 1.12. The second-order valence-corrected chi connectivity index (χ2v) is 8.85. The van der Waals surface area contributed by atoms with Crippen LogP contribution in [0.25, 0.3) is 0 Å². The summed E-state index contributed by atoms with van der Waals surface area (Å²) in [6, 6.07) is 10.9. The molecule has 2 amide bonds. The first kappa shape index (κ1) is 22.1. The van der Waals surface area contributed by atoms with Crippen molar-refractivity contribution in [3.63, 3.8) is 0 Å². The lowest BCUT2D eigenvalue weighted by molar-refractivity contribution is -0.127. The van der Waals surface area contributed by atoms with E-state index in [1.165, 1.54) is 6.42 Å². The summed E-state index contributed by atoms with van der Waals surface area (Å²) in [5, 5.41) is 8.80. The van der Waals surface area contributed by atoms with Crippen molar-refractivity contribution in [2.45, 2.75) is 57.7 Å². The molecule has 0 saturated heterocycles. The normalized spacial score (nSPS) is 15.2. The molecule has 0 radical (unpaired) electrons. The highest BCUT2D eigenvalue weighted by Gasteiger charge is 2.34. The minimum absolute atomic E-state index is 0.137. The minimum atomic E-state index is -0.796. The van der Waals surface area contributed by atoms with Gasteiger partial charge in [-0.05, 0) is 54.6 Å². The molecule has 0 bridgehead atoms. The molecule has 4 rings (SSSR count). The zero-order valence-corrected chi connectivity index (χ0v) is 18.9. The van der Waals surface area contributed by atoms with Gasteiger partial charge < -0.3 is 10.2 Å². The predicted molar refractivity (Wildman–Crippen MR) is 123 cm³/mol. The number of benzene rings is 1. The topological polar surface area (TPSA) is 88.1 Å². The summed E-state index contributed by atoms with van der Waals surface area (Å²) in [5.41, 5.74) is 3.04. The third kappa shape index (κ3) is 5.37. The number of carbonyl (C=O) groups excluding carboxylic acids is 2. The third-order valence-electron chi connectivity index (χ3n) is 5.85. The average molecular weight is 450 g/mol. The zero-order chi connectivity index (χ0) is 22.3. The fourth-order valence-corrected chi connectivity index (χ4v) is 4.55. The number of aryl methyl sites for hydroxylation is 1. The molecule has 8 heteroatoms. The molecule has 0 spiro atoms. The lowest BCUT2D eigenvalue weighted by atomic mass is 9.94. The van der Waals surface area contributed by atoms with Crippen LogP contribution in [0.1, 0.15) is 65.3 Å². The van der Waals surface area contributed by atoms with E-state index in [2.05, 4.69) is 19.9 Å². The van der Waals surface area contributed by atoms with Crippen molar-refractivity contribution in [1.29, 1.82) is 0 Å². The van der Waals surface area contributed by atoms with Gasteiger partial charge in [-0.2, -0.15) is 0 Å². The van der Waals surface area contributed by atoms with E-state index in [0.717, 1.165) is 53.9 Å². The van der Waals surface area contributed by atoms with Gasteiger partial charge in [-0.25, -0.2) is 0 Å². The summed E-state index contributed by atoms with van der Waals surface area (Å²) in [6.07, 6.45) is 8.66. The molecule has 0 aliphatic heterocycles. The monoisotopic (exact) mass is 449 g/mol. The molecular weight excluding hydrogens is 422 g/mol. The van der Waals surface area contributed by atoms with Gasteiger partial charge in [0.25, 0.3) is 5.91 Å². The second-order valence-electron chi connectivity index (χ2n) is 8.24. The zero-order valence-electron chi connectivity index (χ0n) is 18.1. The smallest absolute Gasteiger partial charge is 0.276 e. The highest BCUT2D eigenvalue weighted by Crippen LogP contribution is 2.27. The minimum Gasteiger partial charge on any atom is -0.351 e. The quantitative estimate of drug-likeness (QED) is 0.587. The number of amides is 2. The van der Waals surface area contributed by atoms with E-state index in [4.69, 9.17) is 0 Å². The largest absolute Gasteiger partial charge is 0.351 e. The highest BCUT2D eigenvalue weighted by atomic mass is 32.1. The van der Waals surface area contributed by atoms with Crippen molar-refractivity contribution in [3.05, 3.63) is 76.6 Å². The Morgan fingerprint density at radius 2 is 1.81 bits per heavy atom. The maximum atomic E-state index is 13.6. The molecule has 1 aliphatic carbocycles. The summed E-state index contributed by atoms with van der Waals surface area (Å²) in [6.45, 7) is 2.30. The Kier molecular flexibility index (Phi) is 7.21. The van der Waals surface area contributed by atoms with Crippen LogP contribution in [0.2, 0.25) is 0 Å². The maximum absolute atomic E-state index is 13.6. The molecule has 1 aliphatic rings. The van der Waals surface area contributed by atoms with Gasteiger partial charge in [0, 0.05) is 30.4 Å². The van der Waals surface area contributed by atoms with Crippen LogP contribution in [0.4, 0.5) is 0 Å². The van der Waals surface area contributed by atoms with Crippen LogP contribution in [0.15, 0.2) is 54.2 Å². The maximum Gasteiger partial charge on any atom is 0.276 e. The first-order chi connectivity index (χ1) is 15.6. The highest BCUT2D eigenvalue weighted by molar-refractivity contribution is 7.03. The Bertz CT molecular complexity index is 1020. The summed E-state index contributed by atoms with van der Waals surface area (Å²) in [7, 11) is 0. The van der Waals surface area contributed by atoms with Crippen molar-refractivity contribution in [2.24, 2.45) is 0 Å². The van der Waals surface area contributed by atoms with E-state index >= 15 is 0 Å². The molecule has 1 N–H and O–H groups in total. The van der Waals surface area contributed by atoms with Crippen LogP contribution >= 0.6 is 11.5 Å². The van der Waals surface area contributed by atoms with Crippen molar-refractivity contribution >= 4 is 23.3 Å². The summed E-state index contributed by atoms with van der Waals surface area (Å²) in [4.78, 5) is 32.8. The molecule has 3 aromatic rings. The predicted octanol–water partition coefficient (Wildman–Crippen LogP) is 4.07.